The van der Waals surface area contributed by atoms with Crippen LogP contribution in [0.4, 0.5) is 5.69 Å². The van der Waals surface area contributed by atoms with E-state index in [0.717, 1.165) is 11.3 Å². The Balaban J connectivity index is 1.47. The van der Waals surface area contributed by atoms with Gasteiger partial charge in [-0.25, -0.2) is 0 Å². The van der Waals surface area contributed by atoms with Crippen LogP contribution in [0.5, 0.6) is 0 Å². The second-order valence-corrected chi connectivity index (χ2v) is 6.31. The molecule has 1 aromatic carbocycles. The molecule has 2 aromatic rings. The van der Waals surface area contributed by atoms with Gasteiger partial charge in [-0.3, -0.25) is 14.4 Å². The molecule has 1 aliphatic heterocycles. The van der Waals surface area contributed by atoms with E-state index in [4.69, 9.17) is 4.42 Å². The number of hydrogen-bond acceptors (Lipinski definition) is 4. The first kappa shape index (κ1) is 17.7. The summed E-state index contributed by atoms with van der Waals surface area (Å²) in [4.78, 5) is 37.9. The van der Waals surface area contributed by atoms with Crippen molar-refractivity contribution in [1.29, 1.82) is 0 Å². The third-order valence-corrected chi connectivity index (χ3v) is 4.30. The fraction of sp³-hybridized carbons (Fsp3) is 0.316. The first-order valence-corrected chi connectivity index (χ1v) is 8.47. The molecule has 0 radical (unpaired) electrons. The molecule has 7 heteroatoms. The predicted octanol–water partition coefficient (Wildman–Crippen LogP) is 1.37. The monoisotopic (exact) mass is 355 g/mol. The number of nitrogens with zero attached hydrogens (tertiary/aromatic N) is 1. The Kier molecular flexibility index (Phi) is 5.36. The number of rotatable bonds is 6. The first-order chi connectivity index (χ1) is 12.5. The maximum atomic E-state index is 12.3. The highest BCUT2D eigenvalue weighted by atomic mass is 16.3. The van der Waals surface area contributed by atoms with Crippen LogP contribution in [0.2, 0.25) is 0 Å². The molecule has 3 amide bonds. The fourth-order valence-corrected chi connectivity index (χ4v) is 2.83. The largest absolute Gasteiger partial charge is 0.467 e. The van der Waals surface area contributed by atoms with Gasteiger partial charge in [-0.05, 0) is 31.2 Å². The van der Waals surface area contributed by atoms with Gasteiger partial charge in [0, 0.05) is 18.7 Å². The number of amides is 3. The summed E-state index contributed by atoms with van der Waals surface area (Å²) in [6.07, 6.45) is 1.67. The van der Waals surface area contributed by atoms with Crippen LogP contribution < -0.4 is 15.5 Å². The van der Waals surface area contributed by atoms with Gasteiger partial charge >= 0.3 is 0 Å². The van der Waals surface area contributed by atoms with Crippen LogP contribution in [0, 0.1) is 12.8 Å². The molecule has 1 unspecified atom stereocenters. The molecule has 1 fully saturated rings. The lowest BCUT2D eigenvalue weighted by Crippen LogP contribution is -2.40. The molecule has 0 bridgehead atoms. The van der Waals surface area contributed by atoms with E-state index in [0.29, 0.717) is 12.3 Å². The van der Waals surface area contributed by atoms with Crippen LogP contribution in [0.1, 0.15) is 17.7 Å². The number of carbonyl (C=O) groups excluding carboxylic acids is 3. The Morgan fingerprint density at radius 3 is 2.65 bits per heavy atom. The summed E-state index contributed by atoms with van der Waals surface area (Å²) in [5, 5.41) is 5.25. The minimum atomic E-state index is -0.457. The van der Waals surface area contributed by atoms with Gasteiger partial charge in [-0.1, -0.05) is 17.7 Å². The van der Waals surface area contributed by atoms with Crippen LogP contribution in [0.15, 0.2) is 47.1 Å². The number of furan rings is 1. The Morgan fingerprint density at radius 1 is 1.19 bits per heavy atom. The average Bonchev–Trinajstić information content (AvgIpc) is 3.28. The Hall–Kier alpha value is -3.09. The van der Waals surface area contributed by atoms with Gasteiger partial charge in [0.1, 0.15) is 5.76 Å². The van der Waals surface area contributed by atoms with Gasteiger partial charge in [0.25, 0.3) is 0 Å². The van der Waals surface area contributed by atoms with E-state index < -0.39 is 5.92 Å². The standard InChI is InChI=1S/C19H21N3O4/c1-13-4-6-15(7-5-13)22-12-14(9-18(22)24)19(25)21-11-17(23)20-10-16-3-2-8-26-16/h2-8,14H,9-12H2,1H3,(H,20,23)(H,21,25). The van der Waals surface area contributed by atoms with E-state index in [1.54, 1.807) is 17.0 Å². The third kappa shape index (κ3) is 4.30. The highest BCUT2D eigenvalue weighted by Crippen LogP contribution is 2.25. The zero-order chi connectivity index (χ0) is 18.5. The minimum Gasteiger partial charge on any atom is -0.467 e. The average molecular weight is 355 g/mol. The summed E-state index contributed by atoms with van der Waals surface area (Å²) < 4.78 is 5.12. The fourth-order valence-electron chi connectivity index (χ4n) is 2.83. The number of hydrogen-bond donors (Lipinski definition) is 2. The molecule has 1 aliphatic rings. The van der Waals surface area contributed by atoms with E-state index in [1.807, 2.05) is 31.2 Å². The topological polar surface area (TPSA) is 91.7 Å². The number of anilines is 1. The zero-order valence-electron chi connectivity index (χ0n) is 14.5. The van der Waals surface area contributed by atoms with Gasteiger partial charge in [0.15, 0.2) is 0 Å². The quantitative estimate of drug-likeness (QED) is 0.819. The summed E-state index contributed by atoms with van der Waals surface area (Å²) in [6, 6.07) is 11.1. The highest BCUT2D eigenvalue weighted by molar-refractivity contribution is 6.00. The van der Waals surface area contributed by atoms with Crippen molar-refractivity contribution in [3.63, 3.8) is 0 Å². The Labute approximate surface area is 151 Å². The van der Waals surface area contributed by atoms with Gasteiger partial charge < -0.3 is 20.0 Å². The summed E-state index contributed by atoms with van der Waals surface area (Å²) >= 11 is 0. The summed E-state index contributed by atoms with van der Waals surface area (Å²) in [5.74, 6) is -0.506. The third-order valence-electron chi connectivity index (χ3n) is 4.30. The summed E-state index contributed by atoms with van der Waals surface area (Å²) in [7, 11) is 0. The van der Waals surface area contributed by atoms with Crippen LogP contribution in [0.25, 0.3) is 0 Å². The van der Waals surface area contributed by atoms with E-state index in [2.05, 4.69) is 10.6 Å². The van der Waals surface area contributed by atoms with Crippen molar-refractivity contribution in [3.05, 3.63) is 54.0 Å². The van der Waals surface area contributed by atoms with Crippen LogP contribution in [-0.4, -0.2) is 30.8 Å². The van der Waals surface area contributed by atoms with Crippen molar-refractivity contribution >= 4 is 23.4 Å². The lowest BCUT2D eigenvalue weighted by atomic mass is 10.1. The lowest BCUT2D eigenvalue weighted by molar-refractivity contribution is -0.129. The minimum absolute atomic E-state index is 0.0868. The SMILES string of the molecule is Cc1ccc(N2CC(C(=O)NCC(=O)NCc3ccco3)CC2=O)cc1. The lowest BCUT2D eigenvalue weighted by Gasteiger charge is -2.17. The molecule has 26 heavy (non-hydrogen) atoms. The number of benzene rings is 1. The molecule has 7 nitrogen and oxygen atoms in total. The van der Waals surface area contributed by atoms with Crippen molar-refractivity contribution in [3.8, 4) is 0 Å². The second kappa shape index (κ2) is 7.86. The molecule has 2 N–H and O–H groups in total. The van der Waals surface area contributed by atoms with Gasteiger partial charge in [0.05, 0.1) is 25.3 Å². The maximum absolute atomic E-state index is 12.3. The smallest absolute Gasteiger partial charge is 0.239 e. The van der Waals surface area contributed by atoms with E-state index in [-0.39, 0.29) is 37.2 Å². The molecular weight excluding hydrogens is 334 g/mol. The van der Waals surface area contributed by atoms with Crippen molar-refractivity contribution in [2.24, 2.45) is 5.92 Å². The van der Waals surface area contributed by atoms with Crippen LogP contribution in [-0.2, 0) is 20.9 Å². The molecule has 0 saturated carbocycles. The first-order valence-electron chi connectivity index (χ1n) is 8.47. The second-order valence-electron chi connectivity index (χ2n) is 6.31. The van der Waals surface area contributed by atoms with Crippen LogP contribution >= 0.6 is 0 Å². The molecule has 1 atom stereocenters. The van der Waals surface area contributed by atoms with Crippen molar-refractivity contribution < 1.29 is 18.8 Å². The summed E-state index contributed by atoms with van der Waals surface area (Å²) in [6.45, 7) is 2.43. The zero-order valence-corrected chi connectivity index (χ0v) is 14.5. The molecule has 2 heterocycles. The van der Waals surface area contributed by atoms with E-state index >= 15 is 0 Å². The van der Waals surface area contributed by atoms with Gasteiger partial charge in [-0.15, -0.1) is 0 Å². The number of carbonyl (C=O) groups is 3. The molecule has 0 spiro atoms. The molecular formula is C19H21N3O4. The number of aryl methyl sites for hydroxylation is 1. The summed E-state index contributed by atoms with van der Waals surface area (Å²) in [5.41, 5.74) is 1.89. The molecule has 3 rings (SSSR count). The van der Waals surface area contributed by atoms with E-state index in [1.165, 1.54) is 6.26 Å². The van der Waals surface area contributed by atoms with Gasteiger partial charge in [-0.2, -0.15) is 0 Å². The maximum Gasteiger partial charge on any atom is 0.239 e. The molecule has 1 saturated heterocycles. The Morgan fingerprint density at radius 2 is 1.96 bits per heavy atom. The normalized spacial score (nSPS) is 16.6. The molecule has 1 aromatic heterocycles. The van der Waals surface area contributed by atoms with E-state index in [9.17, 15) is 14.4 Å². The van der Waals surface area contributed by atoms with Crippen LogP contribution in [0.3, 0.4) is 0 Å². The molecule has 0 aliphatic carbocycles. The van der Waals surface area contributed by atoms with Crippen molar-refractivity contribution in [1.82, 2.24) is 10.6 Å². The van der Waals surface area contributed by atoms with Crippen molar-refractivity contribution in [2.75, 3.05) is 18.0 Å². The van der Waals surface area contributed by atoms with Gasteiger partial charge in [0.2, 0.25) is 17.7 Å². The number of nitrogens with one attached hydrogen (secondary N) is 2. The molecule has 136 valence electrons. The predicted molar refractivity (Wildman–Crippen MR) is 95.2 cm³/mol. The Bertz CT molecular complexity index is 784. The highest BCUT2D eigenvalue weighted by Gasteiger charge is 2.35. The van der Waals surface area contributed by atoms with Crippen molar-refractivity contribution in [2.45, 2.75) is 19.9 Å².